The Morgan fingerprint density at radius 3 is 2.50 bits per heavy atom. The molecule has 0 saturated heterocycles. The molecule has 0 fully saturated rings. The fraction of sp³-hybridized carbons (Fsp3) is 0.700. The van der Waals surface area contributed by atoms with Gasteiger partial charge in [-0.15, -0.1) is 5.10 Å². The van der Waals surface area contributed by atoms with Crippen LogP contribution in [-0.4, -0.2) is 22.2 Å². The molecule has 0 aliphatic carbocycles. The first-order valence-electron chi connectivity index (χ1n) is 4.82. The second-order valence-corrected chi connectivity index (χ2v) is 4.46. The Balaban J connectivity index is 3.01. The van der Waals surface area contributed by atoms with E-state index in [0.29, 0.717) is 0 Å². The summed E-state index contributed by atoms with van der Waals surface area (Å²) in [6.07, 6.45) is 1.73. The first kappa shape index (κ1) is 11.0. The van der Waals surface area contributed by atoms with Gasteiger partial charge in [-0.2, -0.15) is 5.10 Å². The van der Waals surface area contributed by atoms with Crippen LogP contribution in [0.15, 0.2) is 6.20 Å². The SMILES string of the molecule is CNC(C)c1nncc(C(C)(C)C)n1. The lowest BCUT2D eigenvalue weighted by molar-refractivity contribution is 0.531. The first-order chi connectivity index (χ1) is 6.45. The van der Waals surface area contributed by atoms with Crippen molar-refractivity contribution in [2.45, 2.75) is 39.2 Å². The number of hydrogen-bond acceptors (Lipinski definition) is 4. The van der Waals surface area contributed by atoms with E-state index in [1.165, 1.54) is 0 Å². The molecule has 0 aliphatic heterocycles. The predicted molar refractivity (Wildman–Crippen MR) is 56.0 cm³/mol. The fourth-order valence-corrected chi connectivity index (χ4v) is 0.991. The molecule has 4 nitrogen and oxygen atoms in total. The normalized spacial score (nSPS) is 14.1. The third kappa shape index (κ3) is 2.48. The maximum absolute atomic E-state index is 4.48. The summed E-state index contributed by atoms with van der Waals surface area (Å²) in [5.41, 5.74) is 1.00. The van der Waals surface area contributed by atoms with Gasteiger partial charge in [0.05, 0.1) is 17.9 Å². The molecule has 1 rings (SSSR count). The summed E-state index contributed by atoms with van der Waals surface area (Å²) in [7, 11) is 1.89. The summed E-state index contributed by atoms with van der Waals surface area (Å²) in [5.74, 6) is 0.750. The Bertz CT molecular complexity index is 303. The molecule has 1 unspecified atom stereocenters. The van der Waals surface area contributed by atoms with E-state index in [2.05, 4.69) is 41.3 Å². The van der Waals surface area contributed by atoms with Crippen LogP contribution in [0.2, 0.25) is 0 Å². The highest BCUT2D eigenvalue weighted by atomic mass is 15.2. The monoisotopic (exact) mass is 194 g/mol. The van der Waals surface area contributed by atoms with Crippen LogP contribution in [0.5, 0.6) is 0 Å². The van der Waals surface area contributed by atoms with Crippen molar-refractivity contribution in [2.24, 2.45) is 0 Å². The van der Waals surface area contributed by atoms with Crippen molar-refractivity contribution in [3.8, 4) is 0 Å². The molecule has 0 saturated carbocycles. The topological polar surface area (TPSA) is 50.7 Å². The molecule has 78 valence electrons. The zero-order chi connectivity index (χ0) is 10.8. The van der Waals surface area contributed by atoms with Gasteiger partial charge in [-0.3, -0.25) is 0 Å². The Morgan fingerprint density at radius 2 is 2.00 bits per heavy atom. The molecule has 14 heavy (non-hydrogen) atoms. The van der Waals surface area contributed by atoms with Crippen LogP contribution in [0.1, 0.15) is 45.3 Å². The van der Waals surface area contributed by atoms with Crippen LogP contribution in [0.3, 0.4) is 0 Å². The number of aromatic nitrogens is 3. The van der Waals surface area contributed by atoms with E-state index >= 15 is 0 Å². The van der Waals surface area contributed by atoms with Gasteiger partial charge in [-0.1, -0.05) is 20.8 Å². The maximum atomic E-state index is 4.48. The molecule has 1 heterocycles. The molecule has 1 atom stereocenters. The van der Waals surface area contributed by atoms with Gasteiger partial charge < -0.3 is 5.32 Å². The molecule has 0 aliphatic rings. The van der Waals surface area contributed by atoms with E-state index in [4.69, 9.17) is 0 Å². The number of rotatable bonds is 2. The molecule has 0 radical (unpaired) electrons. The van der Waals surface area contributed by atoms with E-state index in [9.17, 15) is 0 Å². The average molecular weight is 194 g/mol. The summed E-state index contributed by atoms with van der Waals surface area (Å²) < 4.78 is 0. The van der Waals surface area contributed by atoms with Gasteiger partial charge in [0.1, 0.15) is 0 Å². The highest BCUT2D eigenvalue weighted by Crippen LogP contribution is 2.19. The fourth-order valence-electron chi connectivity index (χ4n) is 0.991. The van der Waals surface area contributed by atoms with Crippen LogP contribution in [0.4, 0.5) is 0 Å². The number of nitrogens with zero attached hydrogens (tertiary/aromatic N) is 3. The summed E-state index contributed by atoms with van der Waals surface area (Å²) >= 11 is 0. The maximum Gasteiger partial charge on any atom is 0.167 e. The van der Waals surface area contributed by atoms with Crippen LogP contribution in [-0.2, 0) is 5.41 Å². The molecule has 0 amide bonds. The lowest BCUT2D eigenvalue weighted by Crippen LogP contribution is -2.21. The molecule has 0 bridgehead atoms. The van der Waals surface area contributed by atoms with E-state index in [-0.39, 0.29) is 11.5 Å². The van der Waals surface area contributed by atoms with Crippen molar-refractivity contribution >= 4 is 0 Å². The van der Waals surface area contributed by atoms with E-state index < -0.39 is 0 Å². The standard InChI is InChI=1S/C10H18N4/c1-7(11-5)9-13-8(6-12-14-9)10(2,3)4/h6-7,11H,1-5H3. The van der Waals surface area contributed by atoms with Crippen LogP contribution < -0.4 is 5.32 Å². The van der Waals surface area contributed by atoms with Gasteiger partial charge in [0.25, 0.3) is 0 Å². The summed E-state index contributed by atoms with van der Waals surface area (Å²) in [6, 6.07) is 0.143. The third-order valence-corrected chi connectivity index (χ3v) is 2.16. The van der Waals surface area contributed by atoms with Crippen LogP contribution in [0.25, 0.3) is 0 Å². The average Bonchev–Trinajstić information content (AvgIpc) is 2.15. The minimum Gasteiger partial charge on any atom is -0.311 e. The third-order valence-electron chi connectivity index (χ3n) is 2.16. The zero-order valence-corrected chi connectivity index (χ0v) is 9.50. The molecule has 0 spiro atoms. The summed E-state index contributed by atoms with van der Waals surface area (Å²) in [6.45, 7) is 8.37. The minimum atomic E-state index is 0.0259. The van der Waals surface area contributed by atoms with Gasteiger partial charge in [0.2, 0.25) is 0 Å². The Kier molecular flexibility index (Phi) is 3.16. The highest BCUT2D eigenvalue weighted by molar-refractivity contribution is 5.09. The van der Waals surface area contributed by atoms with Crippen molar-refractivity contribution in [2.75, 3.05) is 7.05 Å². The number of nitrogens with one attached hydrogen (secondary N) is 1. The zero-order valence-electron chi connectivity index (χ0n) is 9.50. The summed E-state index contributed by atoms with van der Waals surface area (Å²) in [5, 5.41) is 11.1. The molecule has 0 aromatic carbocycles. The Labute approximate surface area is 85.2 Å². The quantitative estimate of drug-likeness (QED) is 0.774. The van der Waals surface area contributed by atoms with Gasteiger partial charge in [-0.05, 0) is 14.0 Å². The first-order valence-corrected chi connectivity index (χ1v) is 4.82. The van der Waals surface area contributed by atoms with Gasteiger partial charge in [-0.25, -0.2) is 4.98 Å². The molecule has 1 aromatic rings. The van der Waals surface area contributed by atoms with E-state index in [1.807, 2.05) is 14.0 Å². The highest BCUT2D eigenvalue weighted by Gasteiger charge is 2.18. The van der Waals surface area contributed by atoms with Gasteiger partial charge in [0, 0.05) is 5.41 Å². The second kappa shape index (κ2) is 4.00. The second-order valence-electron chi connectivity index (χ2n) is 4.46. The predicted octanol–water partition coefficient (Wildman–Crippen LogP) is 1.45. The number of hydrogen-bond donors (Lipinski definition) is 1. The van der Waals surface area contributed by atoms with Gasteiger partial charge >= 0.3 is 0 Å². The van der Waals surface area contributed by atoms with Crippen molar-refractivity contribution in [1.82, 2.24) is 20.5 Å². The Morgan fingerprint density at radius 1 is 1.36 bits per heavy atom. The molecular formula is C10H18N4. The molecular weight excluding hydrogens is 176 g/mol. The smallest absolute Gasteiger partial charge is 0.167 e. The molecule has 1 N–H and O–H groups in total. The summed E-state index contributed by atoms with van der Waals surface area (Å²) in [4.78, 5) is 4.48. The van der Waals surface area contributed by atoms with E-state index in [1.54, 1.807) is 6.20 Å². The van der Waals surface area contributed by atoms with Crippen molar-refractivity contribution in [1.29, 1.82) is 0 Å². The Hall–Kier alpha value is -1.03. The van der Waals surface area contributed by atoms with Crippen molar-refractivity contribution < 1.29 is 0 Å². The van der Waals surface area contributed by atoms with Gasteiger partial charge in [0.15, 0.2) is 5.82 Å². The lowest BCUT2D eigenvalue weighted by atomic mass is 9.93. The lowest BCUT2D eigenvalue weighted by Gasteiger charge is -2.18. The minimum absolute atomic E-state index is 0.0259. The van der Waals surface area contributed by atoms with E-state index in [0.717, 1.165) is 11.5 Å². The molecule has 4 heteroatoms. The van der Waals surface area contributed by atoms with Crippen molar-refractivity contribution in [3.05, 3.63) is 17.7 Å². The van der Waals surface area contributed by atoms with Crippen LogP contribution >= 0.6 is 0 Å². The van der Waals surface area contributed by atoms with Crippen molar-refractivity contribution in [3.63, 3.8) is 0 Å². The molecule has 1 aromatic heterocycles. The van der Waals surface area contributed by atoms with Crippen LogP contribution in [0, 0.1) is 0 Å². The largest absolute Gasteiger partial charge is 0.311 e.